The molecule has 2 aromatic carbocycles. The maximum absolute atomic E-state index is 12.8. The summed E-state index contributed by atoms with van der Waals surface area (Å²) in [5.41, 5.74) is 1.70. The maximum Gasteiger partial charge on any atom is 0.331 e. The van der Waals surface area contributed by atoms with Crippen LogP contribution < -0.4 is 5.32 Å². The SMILES string of the molecule is COC(=O)C1(NC(=O)Cc2cc(-c3ccc(Cl)cc3)ccc2Cl)CCC(C)CC1. The van der Waals surface area contributed by atoms with Crippen LogP contribution in [0.25, 0.3) is 11.1 Å². The second-order valence-electron chi connectivity index (χ2n) is 7.79. The highest BCUT2D eigenvalue weighted by Crippen LogP contribution is 2.33. The summed E-state index contributed by atoms with van der Waals surface area (Å²) in [6, 6.07) is 13.1. The van der Waals surface area contributed by atoms with E-state index in [9.17, 15) is 9.59 Å². The van der Waals surface area contributed by atoms with Gasteiger partial charge < -0.3 is 10.1 Å². The Bertz CT molecular complexity index is 887. The molecule has 154 valence electrons. The van der Waals surface area contributed by atoms with E-state index in [1.54, 1.807) is 6.07 Å². The molecule has 1 aliphatic rings. The van der Waals surface area contributed by atoms with Gasteiger partial charge in [-0.1, -0.05) is 48.3 Å². The molecule has 0 aliphatic heterocycles. The van der Waals surface area contributed by atoms with E-state index in [0.29, 0.717) is 34.4 Å². The summed E-state index contributed by atoms with van der Waals surface area (Å²) in [6.07, 6.45) is 3.02. The van der Waals surface area contributed by atoms with Crippen LogP contribution in [0.3, 0.4) is 0 Å². The summed E-state index contributed by atoms with van der Waals surface area (Å²) in [4.78, 5) is 25.3. The quantitative estimate of drug-likeness (QED) is 0.638. The number of ether oxygens (including phenoxy) is 1. The number of carbonyl (C=O) groups is 2. The number of halogens is 2. The summed E-state index contributed by atoms with van der Waals surface area (Å²) >= 11 is 12.3. The van der Waals surface area contributed by atoms with Gasteiger partial charge >= 0.3 is 5.97 Å². The molecule has 0 bridgehead atoms. The van der Waals surface area contributed by atoms with Gasteiger partial charge in [-0.15, -0.1) is 0 Å². The van der Waals surface area contributed by atoms with Crippen molar-refractivity contribution >= 4 is 35.1 Å². The van der Waals surface area contributed by atoms with Crippen molar-refractivity contribution in [2.45, 2.75) is 44.6 Å². The smallest absolute Gasteiger partial charge is 0.331 e. The van der Waals surface area contributed by atoms with Gasteiger partial charge in [-0.05, 0) is 72.6 Å². The van der Waals surface area contributed by atoms with Gasteiger partial charge in [0, 0.05) is 10.0 Å². The molecule has 29 heavy (non-hydrogen) atoms. The molecular weight excluding hydrogens is 409 g/mol. The number of carbonyl (C=O) groups excluding carboxylic acids is 2. The fourth-order valence-corrected chi connectivity index (χ4v) is 4.16. The van der Waals surface area contributed by atoms with Crippen LogP contribution >= 0.6 is 23.2 Å². The van der Waals surface area contributed by atoms with Gasteiger partial charge in [0.25, 0.3) is 0 Å². The normalized spacial score (nSPS) is 21.4. The van der Waals surface area contributed by atoms with Crippen LogP contribution in [0.5, 0.6) is 0 Å². The fourth-order valence-electron chi connectivity index (χ4n) is 3.85. The average molecular weight is 434 g/mol. The molecule has 0 saturated heterocycles. The van der Waals surface area contributed by atoms with E-state index in [4.69, 9.17) is 27.9 Å². The largest absolute Gasteiger partial charge is 0.467 e. The first-order chi connectivity index (χ1) is 13.8. The monoisotopic (exact) mass is 433 g/mol. The summed E-state index contributed by atoms with van der Waals surface area (Å²) < 4.78 is 5.00. The zero-order chi connectivity index (χ0) is 21.0. The summed E-state index contributed by atoms with van der Waals surface area (Å²) in [5, 5.41) is 4.14. The molecule has 1 fully saturated rings. The highest BCUT2D eigenvalue weighted by atomic mass is 35.5. The molecule has 1 N–H and O–H groups in total. The van der Waals surface area contributed by atoms with Gasteiger partial charge in [0.15, 0.2) is 0 Å². The number of nitrogens with one attached hydrogen (secondary N) is 1. The third-order valence-corrected chi connectivity index (χ3v) is 6.28. The van der Waals surface area contributed by atoms with E-state index in [0.717, 1.165) is 24.0 Å². The Morgan fingerprint density at radius 2 is 1.69 bits per heavy atom. The van der Waals surface area contributed by atoms with Gasteiger partial charge in [-0.25, -0.2) is 4.79 Å². The molecule has 1 saturated carbocycles. The molecule has 0 aromatic heterocycles. The van der Waals surface area contributed by atoms with Crippen molar-refractivity contribution in [3.63, 3.8) is 0 Å². The predicted octanol–water partition coefficient (Wildman–Crippen LogP) is 5.44. The van der Waals surface area contributed by atoms with E-state index in [1.165, 1.54) is 7.11 Å². The van der Waals surface area contributed by atoms with Gasteiger partial charge in [0.1, 0.15) is 5.54 Å². The number of hydrogen-bond acceptors (Lipinski definition) is 3. The Kier molecular flexibility index (Phi) is 6.86. The first-order valence-electron chi connectivity index (χ1n) is 9.77. The second kappa shape index (κ2) is 9.19. The Labute approximate surface area is 181 Å². The third kappa shape index (κ3) is 5.12. The molecule has 1 amide bonds. The Morgan fingerprint density at radius 1 is 1.07 bits per heavy atom. The molecule has 1 aliphatic carbocycles. The Balaban J connectivity index is 1.78. The van der Waals surface area contributed by atoms with Crippen LogP contribution in [0.2, 0.25) is 10.0 Å². The second-order valence-corrected chi connectivity index (χ2v) is 8.64. The molecule has 2 aromatic rings. The minimum Gasteiger partial charge on any atom is -0.467 e. The molecule has 0 radical (unpaired) electrons. The van der Waals surface area contributed by atoms with Crippen LogP contribution in [-0.2, 0) is 20.7 Å². The highest BCUT2D eigenvalue weighted by Gasteiger charge is 2.43. The summed E-state index contributed by atoms with van der Waals surface area (Å²) in [5.74, 6) is -0.0749. The van der Waals surface area contributed by atoms with Crippen LogP contribution in [0.1, 0.15) is 38.2 Å². The van der Waals surface area contributed by atoms with Crippen molar-refractivity contribution in [2.24, 2.45) is 5.92 Å². The number of benzene rings is 2. The maximum atomic E-state index is 12.8. The lowest BCUT2D eigenvalue weighted by Gasteiger charge is -2.37. The van der Waals surface area contributed by atoms with Crippen LogP contribution in [-0.4, -0.2) is 24.5 Å². The zero-order valence-corrected chi connectivity index (χ0v) is 18.1. The summed E-state index contributed by atoms with van der Waals surface area (Å²) in [7, 11) is 1.36. The molecule has 6 heteroatoms. The topological polar surface area (TPSA) is 55.4 Å². The summed E-state index contributed by atoms with van der Waals surface area (Å²) in [6.45, 7) is 2.16. The Hall–Kier alpha value is -2.04. The van der Waals surface area contributed by atoms with E-state index >= 15 is 0 Å². The van der Waals surface area contributed by atoms with Gasteiger partial charge in [0.2, 0.25) is 5.91 Å². The van der Waals surface area contributed by atoms with E-state index in [2.05, 4.69) is 12.2 Å². The average Bonchev–Trinajstić information content (AvgIpc) is 2.71. The zero-order valence-electron chi connectivity index (χ0n) is 16.6. The lowest BCUT2D eigenvalue weighted by molar-refractivity contribution is -0.153. The van der Waals surface area contributed by atoms with E-state index in [1.807, 2.05) is 36.4 Å². The molecule has 0 unspecified atom stereocenters. The fraction of sp³-hybridized carbons (Fsp3) is 0.391. The van der Waals surface area contributed by atoms with Gasteiger partial charge in [-0.3, -0.25) is 4.79 Å². The number of rotatable bonds is 5. The van der Waals surface area contributed by atoms with Crippen molar-refractivity contribution in [2.75, 3.05) is 7.11 Å². The standard InChI is InChI=1S/C23H25Cl2NO3/c1-15-9-11-23(12-10-15,22(28)29-2)26-21(27)14-18-13-17(5-8-20(18)25)16-3-6-19(24)7-4-16/h3-8,13,15H,9-12,14H2,1-2H3,(H,26,27). The minimum atomic E-state index is -0.946. The first kappa shape index (κ1) is 21.7. The lowest BCUT2D eigenvalue weighted by atomic mass is 9.77. The molecular formula is C23H25Cl2NO3. The van der Waals surface area contributed by atoms with Crippen molar-refractivity contribution in [1.29, 1.82) is 0 Å². The van der Waals surface area contributed by atoms with Crippen molar-refractivity contribution in [3.05, 3.63) is 58.1 Å². The molecule has 3 rings (SSSR count). The minimum absolute atomic E-state index is 0.0918. The third-order valence-electron chi connectivity index (χ3n) is 5.66. The van der Waals surface area contributed by atoms with Crippen molar-refractivity contribution in [3.8, 4) is 11.1 Å². The number of methoxy groups -OCH3 is 1. The molecule has 0 heterocycles. The lowest BCUT2D eigenvalue weighted by Crippen LogP contribution is -2.57. The highest BCUT2D eigenvalue weighted by molar-refractivity contribution is 6.31. The van der Waals surface area contributed by atoms with Crippen LogP contribution in [0.4, 0.5) is 0 Å². The number of esters is 1. The van der Waals surface area contributed by atoms with Crippen molar-refractivity contribution in [1.82, 2.24) is 5.32 Å². The molecule has 0 spiro atoms. The van der Waals surface area contributed by atoms with Gasteiger partial charge in [0.05, 0.1) is 13.5 Å². The van der Waals surface area contributed by atoms with E-state index in [-0.39, 0.29) is 18.3 Å². The molecule has 4 nitrogen and oxygen atoms in total. The Morgan fingerprint density at radius 3 is 2.31 bits per heavy atom. The van der Waals surface area contributed by atoms with Crippen LogP contribution in [0, 0.1) is 5.92 Å². The van der Waals surface area contributed by atoms with Crippen molar-refractivity contribution < 1.29 is 14.3 Å². The first-order valence-corrected chi connectivity index (χ1v) is 10.5. The number of hydrogen-bond donors (Lipinski definition) is 1. The van der Waals surface area contributed by atoms with E-state index < -0.39 is 5.54 Å². The number of amides is 1. The predicted molar refractivity (Wildman–Crippen MR) is 116 cm³/mol. The molecule has 0 atom stereocenters. The van der Waals surface area contributed by atoms with Crippen LogP contribution in [0.15, 0.2) is 42.5 Å². The van der Waals surface area contributed by atoms with Gasteiger partial charge in [-0.2, -0.15) is 0 Å².